The molecule has 0 spiro atoms. The van der Waals surface area contributed by atoms with Gasteiger partial charge in [0.25, 0.3) is 0 Å². The van der Waals surface area contributed by atoms with Crippen LogP contribution in [0.15, 0.2) is 42.5 Å². The maximum Gasteiger partial charge on any atom is 0.246 e. The molecule has 158 valence electrons. The summed E-state index contributed by atoms with van der Waals surface area (Å²) in [7, 11) is 0. The second-order valence-corrected chi connectivity index (χ2v) is 8.26. The number of piperazine rings is 1. The van der Waals surface area contributed by atoms with Crippen molar-refractivity contribution in [1.82, 2.24) is 9.80 Å². The van der Waals surface area contributed by atoms with Gasteiger partial charge in [-0.1, -0.05) is 41.4 Å². The lowest BCUT2D eigenvalue weighted by Crippen LogP contribution is -2.50. The highest BCUT2D eigenvalue weighted by Gasteiger charge is 2.21. The van der Waals surface area contributed by atoms with Gasteiger partial charge in [-0.25, -0.2) is 0 Å². The van der Waals surface area contributed by atoms with Gasteiger partial charge in [0.1, 0.15) is 0 Å². The highest BCUT2D eigenvalue weighted by atomic mass is 35.5. The van der Waals surface area contributed by atoms with E-state index in [2.05, 4.69) is 10.2 Å². The molecule has 0 radical (unpaired) electrons. The average molecular weight is 446 g/mol. The number of carbonyl (C=O) groups is 2. The summed E-state index contributed by atoms with van der Waals surface area (Å²) in [5.74, 6) is -0.117. The molecule has 2 aromatic rings. The number of halogens is 2. The summed E-state index contributed by atoms with van der Waals surface area (Å²) < 4.78 is 0. The molecule has 1 saturated heterocycles. The highest BCUT2D eigenvalue weighted by molar-refractivity contribution is 6.34. The molecule has 0 aliphatic carbocycles. The number of benzene rings is 2. The molecule has 1 aliphatic rings. The number of nitrogens with zero attached hydrogens (tertiary/aromatic N) is 2. The molecular formula is C23H25Cl2N3O2. The number of hydrogen-bond acceptors (Lipinski definition) is 3. The second kappa shape index (κ2) is 10.1. The van der Waals surface area contributed by atoms with Gasteiger partial charge in [0.15, 0.2) is 0 Å². The van der Waals surface area contributed by atoms with Gasteiger partial charge >= 0.3 is 0 Å². The number of rotatable bonds is 5. The van der Waals surface area contributed by atoms with Crippen molar-refractivity contribution in [2.45, 2.75) is 13.8 Å². The van der Waals surface area contributed by atoms with E-state index in [1.165, 1.54) is 6.08 Å². The van der Waals surface area contributed by atoms with Crippen LogP contribution < -0.4 is 5.32 Å². The van der Waals surface area contributed by atoms with Crippen molar-refractivity contribution in [3.05, 3.63) is 69.2 Å². The third kappa shape index (κ3) is 5.85. The quantitative estimate of drug-likeness (QED) is 0.693. The summed E-state index contributed by atoms with van der Waals surface area (Å²) in [5.41, 5.74) is 3.68. The second-order valence-electron chi connectivity index (χ2n) is 7.42. The van der Waals surface area contributed by atoms with Crippen molar-refractivity contribution in [2.75, 3.05) is 38.0 Å². The summed E-state index contributed by atoms with van der Waals surface area (Å²) in [5, 5.41) is 4.13. The maximum atomic E-state index is 12.5. The fourth-order valence-corrected chi connectivity index (χ4v) is 3.79. The minimum atomic E-state index is -0.0781. The zero-order valence-electron chi connectivity index (χ0n) is 17.1. The first-order valence-electron chi connectivity index (χ1n) is 9.84. The molecule has 0 bridgehead atoms. The van der Waals surface area contributed by atoms with Crippen molar-refractivity contribution in [3.8, 4) is 0 Å². The van der Waals surface area contributed by atoms with Crippen LogP contribution in [0.2, 0.25) is 10.0 Å². The Balaban J connectivity index is 1.49. The van der Waals surface area contributed by atoms with E-state index in [1.54, 1.807) is 29.2 Å². The molecule has 30 heavy (non-hydrogen) atoms. The lowest BCUT2D eigenvalue weighted by molar-refractivity contribution is -0.127. The predicted octanol–water partition coefficient (Wildman–Crippen LogP) is 4.41. The Morgan fingerprint density at radius 1 is 1.03 bits per heavy atom. The molecule has 7 heteroatoms. The maximum absolute atomic E-state index is 12.5. The first kappa shape index (κ1) is 22.3. The third-order valence-corrected chi connectivity index (χ3v) is 5.74. The molecule has 2 aromatic carbocycles. The van der Waals surface area contributed by atoms with E-state index in [0.29, 0.717) is 48.3 Å². The Morgan fingerprint density at radius 3 is 2.37 bits per heavy atom. The van der Waals surface area contributed by atoms with E-state index in [4.69, 9.17) is 23.2 Å². The summed E-state index contributed by atoms with van der Waals surface area (Å²) in [6.07, 6.45) is 3.20. The van der Waals surface area contributed by atoms with Gasteiger partial charge in [0, 0.05) is 48.0 Å². The van der Waals surface area contributed by atoms with Crippen molar-refractivity contribution >= 4 is 46.8 Å². The van der Waals surface area contributed by atoms with Crippen LogP contribution in [0.5, 0.6) is 0 Å². The Bertz CT molecular complexity index is 947. The molecule has 5 nitrogen and oxygen atoms in total. The molecule has 0 aromatic heterocycles. The lowest BCUT2D eigenvalue weighted by Gasteiger charge is -2.33. The molecule has 1 heterocycles. The number of hydrogen-bond donors (Lipinski definition) is 1. The number of anilines is 1. The van der Waals surface area contributed by atoms with Crippen LogP contribution in [0, 0.1) is 13.8 Å². The van der Waals surface area contributed by atoms with Crippen LogP contribution in [0.1, 0.15) is 16.7 Å². The largest absolute Gasteiger partial charge is 0.337 e. The Hall–Kier alpha value is -2.34. The zero-order valence-corrected chi connectivity index (χ0v) is 18.6. The zero-order chi connectivity index (χ0) is 21.7. The van der Waals surface area contributed by atoms with Gasteiger partial charge in [-0.05, 0) is 54.8 Å². The van der Waals surface area contributed by atoms with Gasteiger partial charge in [0.2, 0.25) is 11.8 Å². The lowest BCUT2D eigenvalue weighted by atomic mass is 10.1. The van der Waals surface area contributed by atoms with Gasteiger partial charge in [-0.2, -0.15) is 0 Å². The van der Waals surface area contributed by atoms with E-state index in [0.717, 1.165) is 16.8 Å². The standard InChI is InChI=1S/C23H25Cl2N3O2/c1-16-4-3-5-17(2)23(16)26-21(29)15-27-10-12-28(13-11-27)22(30)9-6-18-14-19(24)7-8-20(18)25/h3-9,14H,10-13,15H2,1-2H3,(H,26,29)/b9-6+. The fourth-order valence-electron chi connectivity index (χ4n) is 3.43. The fraction of sp³-hybridized carbons (Fsp3) is 0.304. The SMILES string of the molecule is Cc1cccc(C)c1NC(=O)CN1CCN(C(=O)/C=C/c2cc(Cl)ccc2Cl)CC1. The third-order valence-electron chi connectivity index (χ3n) is 5.16. The van der Waals surface area contributed by atoms with Crippen LogP contribution in [-0.2, 0) is 9.59 Å². The van der Waals surface area contributed by atoms with Crippen molar-refractivity contribution < 1.29 is 9.59 Å². The number of aryl methyl sites for hydroxylation is 2. The van der Waals surface area contributed by atoms with Crippen LogP contribution in [0.3, 0.4) is 0 Å². The summed E-state index contributed by atoms with van der Waals surface area (Å²) in [6, 6.07) is 11.1. The van der Waals surface area contributed by atoms with E-state index in [1.807, 2.05) is 32.0 Å². The highest BCUT2D eigenvalue weighted by Crippen LogP contribution is 2.22. The van der Waals surface area contributed by atoms with E-state index >= 15 is 0 Å². The van der Waals surface area contributed by atoms with E-state index in [-0.39, 0.29) is 11.8 Å². The topological polar surface area (TPSA) is 52.7 Å². The van der Waals surface area contributed by atoms with E-state index in [9.17, 15) is 9.59 Å². The summed E-state index contributed by atoms with van der Waals surface area (Å²) in [6.45, 7) is 6.72. The number of carbonyl (C=O) groups excluding carboxylic acids is 2. The Morgan fingerprint density at radius 2 is 1.70 bits per heavy atom. The van der Waals surface area contributed by atoms with Gasteiger partial charge in [0.05, 0.1) is 6.54 Å². The normalized spacial score (nSPS) is 14.9. The summed E-state index contributed by atoms with van der Waals surface area (Å²) in [4.78, 5) is 28.8. The molecule has 3 rings (SSSR count). The Labute approximate surface area is 187 Å². The minimum absolute atomic E-state index is 0.0392. The molecule has 2 amide bonds. The number of amides is 2. The summed E-state index contributed by atoms with van der Waals surface area (Å²) >= 11 is 12.1. The molecule has 0 unspecified atom stereocenters. The average Bonchev–Trinajstić information content (AvgIpc) is 2.72. The molecule has 1 aliphatic heterocycles. The first-order chi connectivity index (χ1) is 14.3. The monoisotopic (exact) mass is 445 g/mol. The van der Waals surface area contributed by atoms with Gasteiger partial charge in [-0.15, -0.1) is 0 Å². The molecule has 1 N–H and O–H groups in total. The smallest absolute Gasteiger partial charge is 0.246 e. The van der Waals surface area contributed by atoms with Crippen molar-refractivity contribution in [1.29, 1.82) is 0 Å². The first-order valence-corrected chi connectivity index (χ1v) is 10.6. The van der Waals surface area contributed by atoms with Gasteiger partial charge in [-0.3, -0.25) is 14.5 Å². The van der Waals surface area contributed by atoms with Crippen molar-refractivity contribution in [3.63, 3.8) is 0 Å². The molecular weight excluding hydrogens is 421 g/mol. The van der Waals surface area contributed by atoms with E-state index < -0.39 is 0 Å². The number of nitrogens with one attached hydrogen (secondary N) is 1. The van der Waals surface area contributed by atoms with Crippen LogP contribution >= 0.6 is 23.2 Å². The predicted molar refractivity (Wildman–Crippen MR) is 123 cm³/mol. The number of para-hydroxylation sites is 1. The van der Waals surface area contributed by atoms with Crippen LogP contribution in [0.4, 0.5) is 5.69 Å². The minimum Gasteiger partial charge on any atom is -0.337 e. The van der Waals surface area contributed by atoms with Gasteiger partial charge < -0.3 is 10.2 Å². The molecule has 0 atom stereocenters. The van der Waals surface area contributed by atoms with Crippen LogP contribution in [-0.4, -0.2) is 54.3 Å². The molecule has 1 fully saturated rings. The molecule has 0 saturated carbocycles. The van der Waals surface area contributed by atoms with Crippen molar-refractivity contribution in [2.24, 2.45) is 0 Å². The Kier molecular flexibility index (Phi) is 7.53. The van der Waals surface area contributed by atoms with Crippen LogP contribution in [0.25, 0.3) is 6.08 Å².